The van der Waals surface area contributed by atoms with Crippen molar-refractivity contribution in [2.75, 3.05) is 17.9 Å². The van der Waals surface area contributed by atoms with Crippen LogP contribution in [0.2, 0.25) is 0 Å². The predicted octanol–water partition coefficient (Wildman–Crippen LogP) is 2.77. The second-order valence-electron chi connectivity index (χ2n) is 6.61. The van der Waals surface area contributed by atoms with Crippen LogP contribution < -0.4 is 20.3 Å². The molecule has 0 saturated carbocycles. The Morgan fingerprint density at radius 1 is 1.35 bits per heavy atom. The molecule has 3 heterocycles. The van der Waals surface area contributed by atoms with Crippen LogP contribution >= 0.6 is 11.8 Å². The third-order valence-electron chi connectivity index (χ3n) is 4.38. The number of hydrogen-bond donors (Lipinski definition) is 1. The molecule has 2 aromatic rings. The number of carbonyl (C=O) groups excluding carboxylic acids is 1. The summed E-state index contributed by atoms with van der Waals surface area (Å²) in [4.78, 5) is 29.5. The van der Waals surface area contributed by atoms with E-state index in [4.69, 9.17) is 9.47 Å². The molecule has 8 heteroatoms. The number of fused-ring (bicyclic) bond motifs is 2. The number of thioether (sulfide) groups is 1. The summed E-state index contributed by atoms with van der Waals surface area (Å²) in [6.07, 6.45) is 0.219. The third-order valence-corrected chi connectivity index (χ3v) is 5.48. The first kappa shape index (κ1) is 17.0. The van der Waals surface area contributed by atoms with Gasteiger partial charge in [-0.2, -0.15) is 0 Å². The minimum atomic E-state index is -0.190. The SMILES string of the molecule is CC(C)c1cc(=O)n2c(n1)SCC2CC(=O)Nc1ccc2c(c1)OCO2. The van der Waals surface area contributed by atoms with E-state index in [1.54, 1.807) is 28.8 Å². The van der Waals surface area contributed by atoms with E-state index in [9.17, 15) is 9.59 Å². The number of ether oxygens (including phenoxy) is 2. The van der Waals surface area contributed by atoms with Gasteiger partial charge in [-0.25, -0.2) is 4.98 Å². The molecule has 0 fully saturated rings. The number of benzene rings is 1. The molecular formula is C18H19N3O4S. The van der Waals surface area contributed by atoms with Crippen LogP contribution in [-0.4, -0.2) is 28.0 Å². The first-order chi connectivity index (χ1) is 12.5. The largest absolute Gasteiger partial charge is 0.454 e. The molecule has 1 N–H and O–H groups in total. The van der Waals surface area contributed by atoms with Crippen molar-refractivity contribution in [3.63, 3.8) is 0 Å². The third kappa shape index (κ3) is 3.16. The number of rotatable bonds is 4. The van der Waals surface area contributed by atoms with Gasteiger partial charge in [-0.3, -0.25) is 14.2 Å². The second-order valence-corrected chi connectivity index (χ2v) is 7.60. The Kier molecular flexibility index (Phi) is 4.36. The average Bonchev–Trinajstić information content (AvgIpc) is 3.21. The van der Waals surface area contributed by atoms with Gasteiger partial charge in [-0.1, -0.05) is 25.6 Å². The number of carbonyl (C=O) groups is 1. The minimum absolute atomic E-state index is 0.0930. The van der Waals surface area contributed by atoms with Gasteiger partial charge in [0.05, 0.1) is 11.7 Å². The summed E-state index contributed by atoms with van der Waals surface area (Å²) < 4.78 is 12.2. The Morgan fingerprint density at radius 3 is 2.96 bits per heavy atom. The van der Waals surface area contributed by atoms with Crippen LogP contribution in [0.15, 0.2) is 34.2 Å². The highest BCUT2D eigenvalue weighted by molar-refractivity contribution is 7.99. The number of hydrogen-bond acceptors (Lipinski definition) is 6. The Hall–Kier alpha value is -2.48. The minimum Gasteiger partial charge on any atom is -0.454 e. The van der Waals surface area contributed by atoms with E-state index < -0.39 is 0 Å². The maximum Gasteiger partial charge on any atom is 0.254 e. The summed E-state index contributed by atoms with van der Waals surface area (Å²) in [5, 5.41) is 3.56. The Labute approximate surface area is 154 Å². The van der Waals surface area contributed by atoms with Gasteiger partial charge in [0.1, 0.15) is 0 Å². The van der Waals surface area contributed by atoms with Gasteiger partial charge >= 0.3 is 0 Å². The van der Waals surface area contributed by atoms with Crippen LogP contribution in [0.25, 0.3) is 0 Å². The summed E-state index contributed by atoms with van der Waals surface area (Å²) in [5.41, 5.74) is 1.34. The molecule has 2 aliphatic heterocycles. The molecule has 1 unspecified atom stereocenters. The van der Waals surface area contributed by atoms with E-state index >= 15 is 0 Å². The topological polar surface area (TPSA) is 82.5 Å². The van der Waals surface area contributed by atoms with Gasteiger partial charge in [0.2, 0.25) is 12.7 Å². The van der Waals surface area contributed by atoms with Crippen LogP contribution in [0, 0.1) is 0 Å². The number of amides is 1. The average molecular weight is 373 g/mol. The van der Waals surface area contributed by atoms with E-state index in [-0.39, 0.29) is 36.6 Å². The van der Waals surface area contributed by atoms with E-state index in [0.29, 0.717) is 28.1 Å². The fourth-order valence-corrected chi connectivity index (χ4v) is 4.17. The smallest absolute Gasteiger partial charge is 0.254 e. The van der Waals surface area contributed by atoms with Crippen molar-refractivity contribution in [3.05, 3.63) is 40.3 Å². The van der Waals surface area contributed by atoms with Gasteiger partial charge in [0.25, 0.3) is 5.56 Å². The Morgan fingerprint density at radius 2 is 2.15 bits per heavy atom. The summed E-state index contributed by atoms with van der Waals surface area (Å²) in [6, 6.07) is 6.65. The highest BCUT2D eigenvalue weighted by atomic mass is 32.2. The van der Waals surface area contributed by atoms with Gasteiger partial charge in [0, 0.05) is 30.0 Å². The molecule has 0 bridgehead atoms. The molecule has 26 heavy (non-hydrogen) atoms. The molecule has 0 aliphatic carbocycles. The Bertz CT molecular complexity index is 925. The van der Waals surface area contributed by atoms with E-state index in [1.807, 2.05) is 13.8 Å². The number of aromatic nitrogens is 2. The van der Waals surface area contributed by atoms with Crippen molar-refractivity contribution in [3.8, 4) is 11.5 Å². The number of anilines is 1. The maximum atomic E-state index is 12.5. The van der Waals surface area contributed by atoms with Crippen molar-refractivity contribution < 1.29 is 14.3 Å². The highest BCUT2D eigenvalue weighted by Crippen LogP contribution is 2.35. The Balaban J connectivity index is 1.48. The van der Waals surface area contributed by atoms with Gasteiger partial charge in [-0.05, 0) is 18.1 Å². The zero-order valence-corrected chi connectivity index (χ0v) is 15.3. The lowest BCUT2D eigenvalue weighted by molar-refractivity contribution is -0.116. The first-order valence-electron chi connectivity index (χ1n) is 8.47. The van der Waals surface area contributed by atoms with Crippen molar-refractivity contribution in [1.29, 1.82) is 0 Å². The standard InChI is InChI=1S/C18H19N3O4S/c1-10(2)13-7-17(23)21-12(8-26-18(21)20-13)6-16(22)19-11-3-4-14-15(5-11)25-9-24-14/h3-5,7,10,12H,6,8-9H2,1-2H3,(H,19,22). The van der Waals surface area contributed by atoms with Crippen LogP contribution in [0.4, 0.5) is 5.69 Å². The number of nitrogens with one attached hydrogen (secondary N) is 1. The van der Waals surface area contributed by atoms with Crippen LogP contribution in [-0.2, 0) is 4.79 Å². The second kappa shape index (κ2) is 6.68. The molecule has 1 amide bonds. The monoisotopic (exact) mass is 373 g/mol. The molecule has 7 nitrogen and oxygen atoms in total. The zero-order chi connectivity index (χ0) is 18.3. The van der Waals surface area contributed by atoms with Crippen molar-refractivity contribution in [2.45, 2.75) is 37.4 Å². The summed E-state index contributed by atoms with van der Waals surface area (Å²) in [5.74, 6) is 2.00. The van der Waals surface area contributed by atoms with Crippen molar-refractivity contribution in [1.82, 2.24) is 9.55 Å². The highest BCUT2D eigenvalue weighted by Gasteiger charge is 2.28. The van der Waals surface area contributed by atoms with Gasteiger partial charge in [0.15, 0.2) is 16.7 Å². The fourth-order valence-electron chi connectivity index (χ4n) is 3.02. The normalized spacial score (nSPS) is 17.4. The molecule has 0 saturated heterocycles. The molecule has 1 atom stereocenters. The molecule has 1 aromatic carbocycles. The van der Waals surface area contributed by atoms with Crippen LogP contribution in [0.1, 0.15) is 37.9 Å². The van der Waals surface area contributed by atoms with E-state index in [1.165, 1.54) is 11.8 Å². The van der Waals surface area contributed by atoms with E-state index in [2.05, 4.69) is 10.3 Å². The lowest BCUT2D eigenvalue weighted by atomic mass is 10.1. The lowest BCUT2D eigenvalue weighted by Crippen LogP contribution is -2.28. The molecule has 1 aromatic heterocycles. The first-order valence-corrected chi connectivity index (χ1v) is 9.45. The molecule has 0 radical (unpaired) electrons. The zero-order valence-electron chi connectivity index (χ0n) is 14.5. The van der Waals surface area contributed by atoms with Gasteiger partial charge in [-0.15, -0.1) is 0 Å². The van der Waals surface area contributed by atoms with Crippen LogP contribution in [0.3, 0.4) is 0 Å². The van der Waals surface area contributed by atoms with Crippen LogP contribution in [0.5, 0.6) is 11.5 Å². The van der Waals surface area contributed by atoms with Crippen molar-refractivity contribution in [2.24, 2.45) is 0 Å². The molecule has 136 valence electrons. The summed E-state index contributed by atoms with van der Waals surface area (Å²) in [7, 11) is 0. The molecule has 2 aliphatic rings. The maximum absolute atomic E-state index is 12.5. The van der Waals surface area contributed by atoms with E-state index in [0.717, 1.165) is 5.69 Å². The summed E-state index contributed by atoms with van der Waals surface area (Å²) in [6.45, 7) is 4.21. The lowest BCUT2D eigenvalue weighted by Gasteiger charge is -2.14. The fraction of sp³-hybridized carbons (Fsp3) is 0.389. The molecular weight excluding hydrogens is 354 g/mol. The molecule has 0 spiro atoms. The quantitative estimate of drug-likeness (QED) is 0.830. The van der Waals surface area contributed by atoms with Crippen molar-refractivity contribution >= 4 is 23.4 Å². The molecule has 4 rings (SSSR count). The predicted molar refractivity (Wildman–Crippen MR) is 98.2 cm³/mol. The van der Waals surface area contributed by atoms with Gasteiger partial charge < -0.3 is 14.8 Å². The number of nitrogens with zero attached hydrogens (tertiary/aromatic N) is 2. The summed E-state index contributed by atoms with van der Waals surface area (Å²) >= 11 is 1.52.